The fraction of sp³-hybridized carbons (Fsp3) is 0.368. The van der Waals surface area contributed by atoms with Crippen LogP contribution >= 0.6 is 0 Å². The minimum Gasteiger partial charge on any atom is -0.357 e. The Hall–Kier alpha value is -2.80. The summed E-state index contributed by atoms with van der Waals surface area (Å²) in [4.78, 5) is 20.3. The maximum absolute atomic E-state index is 4.92. The minimum absolute atomic E-state index is 0.322. The van der Waals surface area contributed by atoms with Crippen LogP contribution in [0.1, 0.15) is 36.0 Å². The van der Waals surface area contributed by atoms with Gasteiger partial charge in [-0.05, 0) is 38.4 Å². The first kappa shape index (κ1) is 16.7. The number of hydrogen-bond donors (Lipinski definition) is 1. The summed E-state index contributed by atoms with van der Waals surface area (Å²) >= 11 is 0. The highest BCUT2D eigenvalue weighted by molar-refractivity contribution is 5.28. The largest absolute Gasteiger partial charge is 0.357 e. The van der Waals surface area contributed by atoms with Crippen LogP contribution in [0.15, 0.2) is 43.0 Å². The molecule has 4 rings (SSSR count). The summed E-state index contributed by atoms with van der Waals surface area (Å²) in [5.41, 5.74) is 2.23. The number of likely N-dealkylation sites (tertiary alicyclic amines) is 1. The third kappa shape index (κ3) is 3.30. The lowest BCUT2D eigenvalue weighted by Gasteiger charge is -2.24. The van der Waals surface area contributed by atoms with E-state index in [0.29, 0.717) is 12.0 Å². The van der Waals surface area contributed by atoms with Crippen molar-refractivity contribution >= 4 is 5.95 Å². The second kappa shape index (κ2) is 7.21. The molecule has 0 bridgehead atoms. The van der Waals surface area contributed by atoms with E-state index in [2.05, 4.69) is 37.3 Å². The molecule has 0 spiro atoms. The summed E-state index contributed by atoms with van der Waals surface area (Å²) in [6.45, 7) is 3.89. The van der Waals surface area contributed by atoms with Crippen molar-refractivity contribution in [1.29, 1.82) is 0 Å². The minimum atomic E-state index is 0.322. The quantitative estimate of drug-likeness (QED) is 0.764. The molecule has 1 aliphatic rings. The summed E-state index contributed by atoms with van der Waals surface area (Å²) in [7, 11) is 1.83. The van der Waals surface area contributed by atoms with E-state index in [1.807, 2.05) is 43.2 Å². The zero-order valence-corrected chi connectivity index (χ0v) is 15.1. The monoisotopic (exact) mass is 349 g/mol. The van der Waals surface area contributed by atoms with Gasteiger partial charge >= 0.3 is 0 Å². The Morgan fingerprint density at radius 1 is 1.19 bits per heavy atom. The number of anilines is 1. The Morgan fingerprint density at radius 3 is 2.77 bits per heavy atom. The summed E-state index contributed by atoms with van der Waals surface area (Å²) in [6, 6.07) is 6.56. The van der Waals surface area contributed by atoms with Gasteiger partial charge in [0.15, 0.2) is 0 Å². The van der Waals surface area contributed by atoms with E-state index < -0.39 is 0 Å². The van der Waals surface area contributed by atoms with Crippen LogP contribution in [-0.2, 0) is 6.54 Å². The fourth-order valence-electron chi connectivity index (χ4n) is 3.53. The Kier molecular flexibility index (Phi) is 4.62. The number of hydrogen-bond acceptors (Lipinski definition) is 6. The molecule has 1 saturated heterocycles. The first-order valence-corrected chi connectivity index (χ1v) is 8.94. The molecule has 1 unspecified atom stereocenters. The smallest absolute Gasteiger partial charge is 0.222 e. The van der Waals surface area contributed by atoms with Crippen molar-refractivity contribution in [2.45, 2.75) is 32.4 Å². The normalized spacial score (nSPS) is 17.5. The fourth-order valence-corrected chi connectivity index (χ4v) is 3.53. The summed E-state index contributed by atoms with van der Waals surface area (Å²) in [5, 5.41) is 2.95. The maximum atomic E-state index is 4.92. The van der Waals surface area contributed by atoms with Crippen LogP contribution in [-0.4, -0.2) is 43.0 Å². The molecule has 26 heavy (non-hydrogen) atoms. The molecule has 1 fully saturated rings. The van der Waals surface area contributed by atoms with Crippen LogP contribution in [0.4, 0.5) is 5.95 Å². The third-order valence-electron chi connectivity index (χ3n) is 4.85. The molecule has 1 aliphatic heterocycles. The van der Waals surface area contributed by atoms with Gasteiger partial charge in [-0.2, -0.15) is 0 Å². The van der Waals surface area contributed by atoms with E-state index in [1.165, 1.54) is 6.42 Å². The van der Waals surface area contributed by atoms with E-state index in [-0.39, 0.29) is 0 Å². The Labute approximate surface area is 153 Å². The topological polar surface area (TPSA) is 71.8 Å². The summed E-state index contributed by atoms with van der Waals surface area (Å²) in [6.07, 6.45) is 9.85. The van der Waals surface area contributed by atoms with Crippen molar-refractivity contribution in [3.63, 3.8) is 0 Å². The van der Waals surface area contributed by atoms with Crippen molar-refractivity contribution in [3.8, 4) is 5.82 Å². The van der Waals surface area contributed by atoms with Crippen LogP contribution in [0.3, 0.4) is 0 Å². The predicted molar refractivity (Wildman–Crippen MR) is 100 cm³/mol. The van der Waals surface area contributed by atoms with E-state index in [9.17, 15) is 0 Å². The van der Waals surface area contributed by atoms with Crippen LogP contribution in [0.5, 0.6) is 0 Å². The van der Waals surface area contributed by atoms with E-state index in [1.54, 1.807) is 6.20 Å². The lowest BCUT2D eigenvalue weighted by atomic mass is 10.1. The lowest BCUT2D eigenvalue weighted by molar-refractivity contribution is 0.244. The number of rotatable bonds is 5. The van der Waals surface area contributed by atoms with Gasteiger partial charge in [0.2, 0.25) is 5.95 Å². The maximum Gasteiger partial charge on any atom is 0.222 e. The average Bonchev–Trinajstić information content (AvgIpc) is 3.31. The van der Waals surface area contributed by atoms with Gasteiger partial charge in [0.05, 0.1) is 11.7 Å². The van der Waals surface area contributed by atoms with Gasteiger partial charge in [0, 0.05) is 43.9 Å². The molecule has 7 nitrogen and oxygen atoms in total. The van der Waals surface area contributed by atoms with Crippen LogP contribution in [0, 0.1) is 6.92 Å². The highest BCUT2D eigenvalue weighted by Crippen LogP contribution is 2.32. The molecule has 0 radical (unpaired) electrons. The predicted octanol–water partition coefficient (Wildman–Crippen LogP) is 2.74. The zero-order valence-electron chi connectivity index (χ0n) is 15.1. The van der Waals surface area contributed by atoms with E-state index >= 15 is 0 Å². The molecule has 0 saturated carbocycles. The molecule has 0 amide bonds. The molecule has 134 valence electrons. The highest BCUT2D eigenvalue weighted by atomic mass is 15.2. The molecule has 0 aliphatic carbocycles. The van der Waals surface area contributed by atoms with Crippen LogP contribution in [0.25, 0.3) is 5.82 Å². The van der Waals surface area contributed by atoms with Crippen molar-refractivity contribution < 1.29 is 0 Å². The van der Waals surface area contributed by atoms with Crippen molar-refractivity contribution in [2.24, 2.45) is 0 Å². The number of aryl methyl sites for hydroxylation is 1. The SMILES string of the molecule is CNc1ncc(CN2CCCC2c2cccc(-n3ccnc3C)n2)cn1. The van der Waals surface area contributed by atoms with Crippen molar-refractivity contribution in [2.75, 3.05) is 18.9 Å². The summed E-state index contributed by atoms with van der Waals surface area (Å²) in [5.74, 6) is 2.52. The van der Waals surface area contributed by atoms with Crippen molar-refractivity contribution in [1.82, 2.24) is 29.4 Å². The first-order chi connectivity index (χ1) is 12.7. The van der Waals surface area contributed by atoms with E-state index in [0.717, 1.165) is 42.4 Å². The number of nitrogens with one attached hydrogen (secondary N) is 1. The Bertz CT molecular complexity index is 872. The zero-order chi connectivity index (χ0) is 17.9. The van der Waals surface area contributed by atoms with Crippen LogP contribution < -0.4 is 5.32 Å². The Morgan fingerprint density at radius 2 is 2.04 bits per heavy atom. The van der Waals surface area contributed by atoms with Gasteiger partial charge in [-0.3, -0.25) is 9.47 Å². The van der Waals surface area contributed by atoms with Gasteiger partial charge in [0.25, 0.3) is 0 Å². The molecule has 0 aromatic carbocycles. The standard InChI is InChI=1S/C19H23N7/c1-14-21-8-10-26(14)18-7-3-5-16(24-18)17-6-4-9-25(17)13-15-11-22-19(20-2)23-12-15/h3,5,7-8,10-12,17H,4,6,9,13H2,1-2H3,(H,20,22,23). The highest BCUT2D eigenvalue weighted by Gasteiger charge is 2.27. The number of imidazole rings is 1. The van der Waals surface area contributed by atoms with E-state index in [4.69, 9.17) is 4.98 Å². The lowest BCUT2D eigenvalue weighted by Crippen LogP contribution is -2.24. The molecular weight excluding hydrogens is 326 g/mol. The molecule has 3 aromatic rings. The van der Waals surface area contributed by atoms with Gasteiger partial charge < -0.3 is 5.32 Å². The molecule has 1 atom stereocenters. The molecule has 1 N–H and O–H groups in total. The number of aromatic nitrogens is 5. The molecule has 3 aromatic heterocycles. The number of nitrogens with zero attached hydrogens (tertiary/aromatic N) is 6. The Balaban J connectivity index is 1.55. The molecular formula is C19H23N7. The van der Waals surface area contributed by atoms with Gasteiger partial charge in [-0.15, -0.1) is 0 Å². The van der Waals surface area contributed by atoms with Crippen molar-refractivity contribution in [3.05, 3.63) is 60.1 Å². The second-order valence-corrected chi connectivity index (χ2v) is 6.56. The van der Waals surface area contributed by atoms with Gasteiger partial charge in [-0.1, -0.05) is 6.07 Å². The van der Waals surface area contributed by atoms with Gasteiger partial charge in [0.1, 0.15) is 11.6 Å². The summed E-state index contributed by atoms with van der Waals surface area (Å²) < 4.78 is 2.02. The number of pyridine rings is 1. The molecule has 4 heterocycles. The average molecular weight is 349 g/mol. The molecule has 7 heteroatoms. The van der Waals surface area contributed by atoms with Gasteiger partial charge in [-0.25, -0.2) is 19.9 Å². The second-order valence-electron chi connectivity index (χ2n) is 6.56. The first-order valence-electron chi connectivity index (χ1n) is 8.94. The third-order valence-corrected chi connectivity index (χ3v) is 4.85. The van der Waals surface area contributed by atoms with Crippen LogP contribution in [0.2, 0.25) is 0 Å².